The molecule has 0 radical (unpaired) electrons. The van der Waals surface area contributed by atoms with Crippen molar-refractivity contribution in [3.05, 3.63) is 0 Å². The molecular formula is C4H7Br. The lowest BCUT2D eigenvalue weighted by atomic mass is 10.7. The minimum atomic E-state index is 0. The monoisotopic (exact) mass is 134 g/mol. The number of hydrogen-bond donors (Lipinski definition) is 0. The van der Waals surface area contributed by atoms with Crippen molar-refractivity contribution < 1.29 is 0 Å². The molecule has 0 aliphatic rings. The maximum atomic E-state index is 2.68. The minimum Gasteiger partial charge on any atom is -0.114 e. The van der Waals surface area contributed by atoms with Crippen LogP contribution in [0, 0.1) is 11.8 Å². The van der Waals surface area contributed by atoms with Gasteiger partial charge in [0.05, 0.1) is 0 Å². The van der Waals surface area contributed by atoms with Crippen molar-refractivity contribution in [3.63, 3.8) is 0 Å². The van der Waals surface area contributed by atoms with Crippen molar-refractivity contribution in [1.29, 1.82) is 0 Å². The zero-order valence-corrected chi connectivity index (χ0v) is 5.12. The Bertz CT molecular complexity index is 40.4. The Morgan fingerprint density at radius 3 is 1.20 bits per heavy atom. The van der Waals surface area contributed by atoms with Gasteiger partial charge in [0.2, 0.25) is 0 Å². The van der Waals surface area contributed by atoms with Crippen LogP contribution in [-0.4, -0.2) is 0 Å². The van der Waals surface area contributed by atoms with Crippen LogP contribution in [0.2, 0.25) is 0 Å². The molecule has 0 aromatic rings. The molecule has 0 unspecified atom stereocenters. The second-order valence-corrected chi connectivity index (χ2v) is 0.500. The highest BCUT2D eigenvalue weighted by molar-refractivity contribution is 8.93. The maximum Gasteiger partial charge on any atom is -0.00271 e. The summed E-state index contributed by atoms with van der Waals surface area (Å²) in [5.74, 6) is 5.36. The quantitative estimate of drug-likeness (QED) is 0.442. The zero-order chi connectivity index (χ0) is 3.41. The van der Waals surface area contributed by atoms with Crippen LogP contribution in [0.1, 0.15) is 13.8 Å². The van der Waals surface area contributed by atoms with Crippen LogP contribution >= 0.6 is 17.0 Å². The van der Waals surface area contributed by atoms with Gasteiger partial charge in [-0.25, -0.2) is 0 Å². The summed E-state index contributed by atoms with van der Waals surface area (Å²) in [7, 11) is 0. The Morgan fingerprint density at radius 2 is 1.20 bits per heavy atom. The summed E-state index contributed by atoms with van der Waals surface area (Å²) in [6.07, 6.45) is 0. The third-order valence-corrected chi connectivity index (χ3v) is 0.250. The highest BCUT2D eigenvalue weighted by Gasteiger charge is 1.26. The molecule has 0 rings (SSSR count). The molecule has 0 N–H and O–H groups in total. The molecule has 30 valence electrons. The fraction of sp³-hybridized carbons (Fsp3) is 0.500. The van der Waals surface area contributed by atoms with Crippen LogP contribution in [0.5, 0.6) is 0 Å². The van der Waals surface area contributed by atoms with Crippen LogP contribution < -0.4 is 0 Å². The summed E-state index contributed by atoms with van der Waals surface area (Å²) in [6, 6.07) is 0. The lowest BCUT2D eigenvalue weighted by Gasteiger charge is -1.40. The number of halogens is 1. The molecule has 0 atom stereocenters. The molecule has 0 aromatic carbocycles. The molecular weight excluding hydrogens is 128 g/mol. The van der Waals surface area contributed by atoms with Crippen LogP contribution in [0.15, 0.2) is 0 Å². The maximum absolute atomic E-state index is 2.68. The van der Waals surface area contributed by atoms with Gasteiger partial charge in [0.15, 0.2) is 0 Å². The van der Waals surface area contributed by atoms with Crippen molar-refractivity contribution in [2.75, 3.05) is 0 Å². The van der Waals surface area contributed by atoms with Crippen molar-refractivity contribution in [3.8, 4) is 11.8 Å². The van der Waals surface area contributed by atoms with Gasteiger partial charge in [-0.1, -0.05) is 0 Å². The molecule has 1 heteroatoms. The van der Waals surface area contributed by atoms with Gasteiger partial charge in [-0.15, -0.1) is 28.8 Å². The second-order valence-electron chi connectivity index (χ2n) is 0.500. The smallest absolute Gasteiger partial charge is 0.00271 e. The van der Waals surface area contributed by atoms with Crippen LogP contribution in [0.3, 0.4) is 0 Å². The van der Waals surface area contributed by atoms with Gasteiger partial charge in [-0.2, -0.15) is 0 Å². The van der Waals surface area contributed by atoms with Gasteiger partial charge in [0.25, 0.3) is 0 Å². The first-order valence-corrected chi connectivity index (χ1v) is 1.25. The summed E-state index contributed by atoms with van der Waals surface area (Å²) in [6.45, 7) is 3.64. The molecule has 0 saturated heterocycles. The predicted octanol–water partition coefficient (Wildman–Crippen LogP) is 1.61. The van der Waals surface area contributed by atoms with E-state index in [4.69, 9.17) is 0 Å². The van der Waals surface area contributed by atoms with E-state index in [9.17, 15) is 0 Å². The third kappa shape index (κ3) is 15.5. The summed E-state index contributed by atoms with van der Waals surface area (Å²) in [5.41, 5.74) is 0. The highest BCUT2D eigenvalue weighted by atomic mass is 79.9. The lowest BCUT2D eigenvalue weighted by Crippen LogP contribution is -1.28. The first-order chi connectivity index (χ1) is 1.91. The highest BCUT2D eigenvalue weighted by Crippen LogP contribution is 1.39. The van der Waals surface area contributed by atoms with E-state index in [0.29, 0.717) is 0 Å². The van der Waals surface area contributed by atoms with Crippen molar-refractivity contribution in [2.24, 2.45) is 0 Å². The summed E-state index contributed by atoms with van der Waals surface area (Å²) in [5, 5.41) is 0. The molecule has 5 heavy (non-hydrogen) atoms. The van der Waals surface area contributed by atoms with E-state index < -0.39 is 0 Å². The van der Waals surface area contributed by atoms with Gasteiger partial charge < -0.3 is 0 Å². The molecule has 0 amide bonds. The predicted molar refractivity (Wildman–Crippen MR) is 29.4 cm³/mol. The SMILES string of the molecule is Br.CC#CC. The van der Waals surface area contributed by atoms with Gasteiger partial charge in [-0.05, 0) is 13.8 Å². The van der Waals surface area contributed by atoms with E-state index >= 15 is 0 Å². The third-order valence-electron chi connectivity index (χ3n) is 0.250. The van der Waals surface area contributed by atoms with E-state index in [0.717, 1.165) is 0 Å². The number of hydrogen-bond acceptors (Lipinski definition) is 0. The van der Waals surface area contributed by atoms with Crippen molar-refractivity contribution >= 4 is 17.0 Å². The standard InChI is InChI=1S/C4H6.BrH/c1-3-4-2;/h1-2H3;1H. The van der Waals surface area contributed by atoms with Gasteiger partial charge in [0.1, 0.15) is 0 Å². The first-order valence-electron chi connectivity index (χ1n) is 1.25. The summed E-state index contributed by atoms with van der Waals surface area (Å²) < 4.78 is 0. The molecule has 0 aliphatic carbocycles. The number of rotatable bonds is 0. The Hall–Kier alpha value is 0.0400. The molecule has 0 spiro atoms. The molecule has 0 aliphatic heterocycles. The normalized spacial score (nSPS) is 2.80. The van der Waals surface area contributed by atoms with Gasteiger partial charge >= 0.3 is 0 Å². The van der Waals surface area contributed by atoms with Gasteiger partial charge in [-0.3, -0.25) is 0 Å². The Labute approximate surface area is 43.3 Å². The topological polar surface area (TPSA) is 0 Å². The Balaban J connectivity index is 0. The summed E-state index contributed by atoms with van der Waals surface area (Å²) >= 11 is 0. The molecule has 0 bridgehead atoms. The Morgan fingerprint density at radius 1 is 1.00 bits per heavy atom. The van der Waals surface area contributed by atoms with Crippen molar-refractivity contribution in [2.45, 2.75) is 13.8 Å². The van der Waals surface area contributed by atoms with E-state index in [2.05, 4.69) is 11.8 Å². The van der Waals surface area contributed by atoms with E-state index in [1.807, 2.05) is 13.8 Å². The van der Waals surface area contributed by atoms with Crippen LogP contribution in [-0.2, 0) is 0 Å². The van der Waals surface area contributed by atoms with Crippen molar-refractivity contribution in [1.82, 2.24) is 0 Å². The first kappa shape index (κ1) is 8.90. The van der Waals surface area contributed by atoms with E-state index in [1.54, 1.807) is 0 Å². The Kier molecular flexibility index (Phi) is 16.0. The fourth-order valence-electron chi connectivity index (χ4n) is 0. The second kappa shape index (κ2) is 8.97. The van der Waals surface area contributed by atoms with E-state index in [1.165, 1.54) is 0 Å². The zero-order valence-electron chi connectivity index (χ0n) is 3.41. The average Bonchev–Trinajstić information content (AvgIpc) is 1.37. The largest absolute Gasteiger partial charge is 0.114 e. The molecule has 0 heterocycles. The van der Waals surface area contributed by atoms with Gasteiger partial charge in [0, 0.05) is 0 Å². The van der Waals surface area contributed by atoms with E-state index in [-0.39, 0.29) is 17.0 Å². The lowest BCUT2D eigenvalue weighted by molar-refractivity contribution is 1.83. The summed E-state index contributed by atoms with van der Waals surface area (Å²) in [4.78, 5) is 0. The molecule has 0 aromatic heterocycles. The molecule has 0 nitrogen and oxygen atoms in total. The van der Waals surface area contributed by atoms with Crippen LogP contribution in [0.25, 0.3) is 0 Å². The molecule has 0 saturated carbocycles. The minimum absolute atomic E-state index is 0. The molecule has 0 fully saturated rings. The average molecular weight is 135 g/mol. The van der Waals surface area contributed by atoms with Crippen LogP contribution in [0.4, 0.5) is 0 Å². The fourth-order valence-corrected chi connectivity index (χ4v) is 0.